The van der Waals surface area contributed by atoms with E-state index in [1.165, 1.54) is 24.3 Å². The van der Waals surface area contributed by atoms with Crippen molar-refractivity contribution in [3.8, 4) is 0 Å². The molecule has 2 unspecified atom stereocenters. The molecule has 2 aliphatic rings. The molecule has 0 saturated carbocycles. The van der Waals surface area contributed by atoms with Gasteiger partial charge >= 0.3 is 0 Å². The van der Waals surface area contributed by atoms with Gasteiger partial charge in [-0.15, -0.1) is 0 Å². The average Bonchev–Trinajstić information content (AvgIpc) is 3.45. The lowest BCUT2D eigenvalue weighted by Crippen LogP contribution is -2.38. The van der Waals surface area contributed by atoms with Crippen molar-refractivity contribution in [2.24, 2.45) is 11.3 Å². The normalized spacial score (nSPS) is 19.9. The second kappa shape index (κ2) is 17.1. The van der Waals surface area contributed by atoms with Gasteiger partial charge in [0, 0.05) is 56.0 Å². The molecule has 3 amide bonds. The van der Waals surface area contributed by atoms with Crippen LogP contribution in [0.2, 0.25) is 0 Å². The zero-order valence-corrected chi connectivity index (χ0v) is 33.8. The number of aryl methyl sites for hydroxylation is 1. The number of nitrogens with one attached hydrogen (secondary N) is 1. The van der Waals surface area contributed by atoms with Crippen LogP contribution in [0.4, 0.5) is 5.69 Å². The highest BCUT2D eigenvalue weighted by atomic mass is 32.2. The second-order valence-corrected chi connectivity index (χ2v) is 18.5. The molecule has 0 bridgehead atoms. The molecule has 298 valence electrons. The van der Waals surface area contributed by atoms with Crippen LogP contribution in [0.3, 0.4) is 0 Å². The van der Waals surface area contributed by atoms with E-state index in [2.05, 4.69) is 5.32 Å². The minimum atomic E-state index is -4.61. The van der Waals surface area contributed by atoms with Crippen LogP contribution >= 0.6 is 0 Å². The van der Waals surface area contributed by atoms with Crippen molar-refractivity contribution < 1.29 is 50.0 Å². The molecule has 15 heteroatoms. The Balaban J connectivity index is 1.67. The third-order valence-electron chi connectivity index (χ3n) is 9.98. The van der Waals surface area contributed by atoms with Gasteiger partial charge in [-0.1, -0.05) is 63.6 Å². The Kier molecular flexibility index (Phi) is 13.5. The number of carbonyl (C=O) groups excluding carboxylic acids is 3. The lowest BCUT2D eigenvalue weighted by molar-refractivity contribution is -0.437. The predicted octanol–water partition coefficient (Wildman–Crippen LogP) is 5.69. The maximum Gasteiger partial charge on any atom is 0.294 e. The number of hydrogen-bond donors (Lipinski definition) is 4. The molecule has 0 spiro atoms. The third-order valence-corrected chi connectivity index (χ3v) is 11.6. The van der Waals surface area contributed by atoms with E-state index in [4.69, 9.17) is 0 Å². The molecule has 0 radical (unpaired) electrons. The first-order valence-electron chi connectivity index (χ1n) is 18.2. The van der Waals surface area contributed by atoms with Gasteiger partial charge < -0.3 is 10.4 Å². The first-order valence-corrected chi connectivity index (χ1v) is 21.3. The second-order valence-electron chi connectivity index (χ2n) is 15.5. The summed E-state index contributed by atoms with van der Waals surface area (Å²) >= 11 is 0. The Bertz CT molecular complexity index is 2160. The fraction of sp³-hybridized carbons (Fsp3) is 0.450. The molecule has 1 fully saturated rings. The molecule has 4 N–H and O–H groups in total. The maximum atomic E-state index is 12.9. The van der Waals surface area contributed by atoms with Crippen LogP contribution in [-0.2, 0) is 40.0 Å². The summed E-state index contributed by atoms with van der Waals surface area (Å²) in [7, 11) is -8.90. The fourth-order valence-electron chi connectivity index (χ4n) is 7.08. The number of allylic oxidation sites excluding steroid dienone is 5. The van der Waals surface area contributed by atoms with E-state index in [0.29, 0.717) is 29.8 Å². The van der Waals surface area contributed by atoms with Crippen LogP contribution in [0.1, 0.15) is 83.4 Å². The van der Waals surface area contributed by atoms with Crippen molar-refractivity contribution >= 4 is 54.9 Å². The lowest BCUT2D eigenvalue weighted by Gasteiger charge is -2.24. The highest BCUT2D eigenvalue weighted by Crippen LogP contribution is 2.45. The number of likely N-dealkylation sites (tertiary alicyclic amines) is 1. The number of nitrogens with zero attached hydrogens (tertiary/aromatic N) is 2. The van der Waals surface area contributed by atoms with Gasteiger partial charge in [-0.2, -0.15) is 21.4 Å². The fourth-order valence-corrected chi connectivity index (χ4v) is 8.08. The van der Waals surface area contributed by atoms with Gasteiger partial charge in [0.2, 0.25) is 23.4 Å². The summed E-state index contributed by atoms with van der Waals surface area (Å²) < 4.78 is 69.0. The highest BCUT2D eigenvalue weighted by Gasteiger charge is 2.48. The van der Waals surface area contributed by atoms with Gasteiger partial charge in [-0.25, -0.2) is 0 Å². The maximum absolute atomic E-state index is 12.9. The highest BCUT2D eigenvalue weighted by molar-refractivity contribution is 7.86. The largest absolute Gasteiger partial charge is 0.508 e. The number of benzene rings is 2. The van der Waals surface area contributed by atoms with Gasteiger partial charge in [0.05, 0.1) is 16.1 Å². The molecule has 2 atom stereocenters. The van der Waals surface area contributed by atoms with Crippen LogP contribution in [0.15, 0.2) is 77.4 Å². The number of hydrogen-bond acceptors (Lipinski definition) is 8. The smallest absolute Gasteiger partial charge is 0.294 e. The minimum absolute atomic E-state index is 0.0181. The van der Waals surface area contributed by atoms with Crippen LogP contribution in [0.25, 0.3) is 5.57 Å². The van der Waals surface area contributed by atoms with E-state index in [1.54, 1.807) is 25.2 Å². The Morgan fingerprint density at radius 3 is 2.31 bits per heavy atom. The Morgan fingerprint density at radius 1 is 1.05 bits per heavy atom. The summed E-state index contributed by atoms with van der Waals surface area (Å²) in [5.74, 6) is -1.80. The Morgan fingerprint density at radius 2 is 1.73 bits per heavy atom. The van der Waals surface area contributed by atoms with Crippen LogP contribution in [-0.4, -0.2) is 89.3 Å². The molecular formula is C40H52N3O10S2+. The van der Waals surface area contributed by atoms with E-state index in [-0.39, 0.29) is 78.6 Å². The zero-order valence-electron chi connectivity index (χ0n) is 32.2. The first-order chi connectivity index (χ1) is 25.5. The zero-order chi connectivity index (χ0) is 40.9. The molecule has 0 aliphatic carbocycles. The van der Waals surface area contributed by atoms with Crippen LogP contribution in [0.5, 0.6) is 0 Å². The molecule has 2 aliphatic heterocycles. The number of rotatable bonds is 16. The summed E-state index contributed by atoms with van der Waals surface area (Å²) in [5.41, 5.74) is 3.32. The topological polar surface area (TPSA) is 198 Å². The van der Waals surface area contributed by atoms with E-state index in [0.717, 1.165) is 21.6 Å². The molecule has 55 heavy (non-hydrogen) atoms. The van der Waals surface area contributed by atoms with Gasteiger partial charge in [-0.3, -0.25) is 28.4 Å². The molecule has 0 aromatic heterocycles. The number of aliphatic hydroxyl groups excluding tert-OH is 1. The number of fused-ring (bicyclic) bond motifs is 1. The van der Waals surface area contributed by atoms with Crippen LogP contribution < -0.4 is 5.32 Å². The monoisotopic (exact) mass is 798 g/mol. The number of carbonyl (C=O) groups is 3. The standard InChI is InChI=1S/C40H51N3O10S2/c1-27-13-15-29(16-14-27)32(39(3,4)5)25-30(44)10-7-11-35-40(6,19-8-12-36(45)41-20-22-43-37(46)24-28(2)38(43)47)33-26-31(55(51,52)53)17-18-34(33)42(35)21-9-23-54(48,49)50/h7,10-11,13-18,25-26,28H,8-9,12,19-24H2,1-6H3,(H3,41,45,48,49,50,51,52,53)/p+1/b32-25+. The molecule has 4 rings (SSSR count). The molecule has 2 aromatic carbocycles. The van der Waals surface area contributed by atoms with E-state index in [9.17, 15) is 45.4 Å². The predicted molar refractivity (Wildman–Crippen MR) is 210 cm³/mol. The molecular weight excluding hydrogens is 747 g/mol. The molecule has 2 heterocycles. The number of aliphatic hydroxyl groups is 1. The average molecular weight is 799 g/mol. The van der Waals surface area contributed by atoms with Gasteiger partial charge in [0.15, 0.2) is 5.71 Å². The van der Waals surface area contributed by atoms with E-state index >= 15 is 0 Å². The quantitative estimate of drug-likeness (QED) is 0.0539. The van der Waals surface area contributed by atoms with Crippen molar-refractivity contribution in [3.63, 3.8) is 0 Å². The molecule has 2 aromatic rings. The Hall–Kier alpha value is -4.44. The number of imide groups is 1. The summed E-state index contributed by atoms with van der Waals surface area (Å²) in [4.78, 5) is 38.1. The van der Waals surface area contributed by atoms with Crippen molar-refractivity contribution in [2.75, 3.05) is 25.4 Å². The van der Waals surface area contributed by atoms with E-state index < -0.39 is 31.4 Å². The number of amides is 3. The van der Waals surface area contributed by atoms with Crippen LogP contribution in [0, 0.1) is 18.3 Å². The molecule has 13 nitrogen and oxygen atoms in total. The summed E-state index contributed by atoms with van der Waals surface area (Å²) in [5, 5.41) is 13.9. The van der Waals surface area contributed by atoms with Crippen molar-refractivity contribution in [1.82, 2.24) is 10.2 Å². The van der Waals surface area contributed by atoms with Crippen molar-refractivity contribution in [3.05, 3.63) is 89.2 Å². The summed E-state index contributed by atoms with van der Waals surface area (Å²) in [6.07, 6.45) is 7.40. The summed E-state index contributed by atoms with van der Waals surface area (Å²) in [6.45, 7) is 11.9. The molecule has 1 saturated heterocycles. The lowest BCUT2D eigenvalue weighted by atomic mass is 9.75. The van der Waals surface area contributed by atoms with Gasteiger partial charge in [0.25, 0.3) is 20.2 Å². The summed E-state index contributed by atoms with van der Waals surface area (Å²) in [6, 6.07) is 12.1. The van der Waals surface area contributed by atoms with E-state index in [1.807, 2.05) is 63.5 Å². The minimum Gasteiger partial charge on any atom is -0.508 e. The third kappa shape index (κ3) is 11.1. The van der Waals surface area contributed by atoms with Crippen molar-refractivity contribution in [1.29, 1.82) is 0 Å². The SMILES string of the molecule is Cc1ccc(\C(=C/C(O)=C/C=C/C2=[N+](CCCS(=O)(=O)O)c3ccc(S(=O)(=O)O)cc3C2(C)CCCC(=O)NCCN2C(=O)CC(C)C2=O)C(C)(C)C)cc1. The Labute approximate surface area is 324 Å². The van der Waals surface area contributed by atoms with Gasteiger partial charge in [0.1, 0.15) is 12.3 Å². The van der Waals surface area contributed by atoms with Gasteiger partial charge in [-0.05, 0) is 67.5 Å². The van der Waals surface area contributed by atoms with Crippen molar-refractivity contribution in [2.45, 2.75) is 84.0 Å². The first kappa shape index (κ1) is 43.3.